The lowest BCUT2D eigenvalue weighted by Crippen LogP contribution is -2.27. The van der Waals surface area contributed by atoms with Crippen molar-refractivity contribution in [3.05, 3.63) is 115 Å². The third-order valence-electron chi connectivity index (χ3n) is 6.01. The summed E-state index contributed by atoms with van der Waals surface area (Å²) < 4.78 is 6.78. The Labute approximate surface area is 198 Å². The lowest BCUT2D eigenvalue weighted by molar-refractivity contribution is -0.139. The molecular formula is C28H26ClNO3. The summed E-state index contributed by atoms with van der Waals surface area (Å²) in [5.41, 5.74) is 6.34. The first kappa shape index (κ1) is 22.8. The highest BCUT2D eigenvalue weighted by atomic mass is 35.5. The number of carbonyl (C=O) groups is 1. The molecule has 1 heterocycles. The summed E-state index contributed by atoms with van der Waals surface area (Å²) in [4.78, 5) is 26.0. The minimum atomic E-state index is -0.304. The second kappa shape index (κ2) is 9.63. The van der Waals surface area contributed by atoms with Gasteiger partial charge in [-0.25, -0.2) is 0 Å². The normalized spacial score (nSPS) is 11.0. The first-order valence-corrected chi connectivity index (χ1v) is 11.3. The molecule has 0 saturated carbocycles. The number of fused-ring (bicyclic) bond motifs is 1. The second-order valence-electron chi connectivity index (χ2n) is 8.35. The van der Waals surface area contributed by atoms with Gasteiger partial charge in [-0.05, 0) is 59.9 Å². The molecule has 5 heteroatoms. The van der Waals surface area contributed by atoms with Gasteiger partial charge < -0.3 is 9.30 Å². The van der Waals surface area contributed by atoms with Crippen LogP contribution in [-0.4, -0.2) is 17.6 Å². The van der Waals surface area contributed by atoms with Gasteiger partial charge in [0.05, 0.1) is 25.6 Å². The molecule has 0 amide bonds. The number of methoxy groups -OCH3 is 1. The highest BCUT2D eigenvalue weighted by Crippen LogP contribution is 2.28. The summed E-state index contributed by atoms with van der Waals surface area (Å²) in [7, 11) is 1.39. The van der Waals surface area contributed by atoms with Crippen LogP contribution in [0.25, 0.3) is 10.9 Å². The first-order valence-electron chi connectivity index (χ1n) is 10.9. The highest BCUT2D eigenvalue weighted by Gasteiger charge is 2.19. The molecule has 4 rings (SSSR count). The molecule has 3 aromatic carbocycles. The van der Waals surface area contributed by atoms with Crippen LogP contribution in [0.1, 0.15) is 33.4 Å². The monoisotopic (exact) mass is 459 g/mol. The maximum absolute atomic E-state index is 13.8. The van der Waals surface area contributed by atoms with Crippen molar-refractivity contribution < 1.29 is 9.53 Å². The van der Waals surface area contributed by atoms with E-state index in [1.54, 1.807) is 0 Å². The van der Waals surface area contributed by atoms with Crippen LogP contribution in [0.15, 0.2) is 71.5 Å². The van der Waals surface area contributed by atoms with Crippen molar-refractivity contribution in [2.75, 3.05) is 7.11 Å². The van der Waals surface area contributed by atoms with Gasteiger partial charge >= 0.3 is 5.97 Å². The van der Waals surface area contributed by atoms with Crippen LogP contribution in [0, 0.1) is 13.8 Å². The Kier molecular flexibility index (Phi) is 6.66. The molecule has 0 saturated heterocycles. The van der Waals surface area contributed by atoms with E-state index in [0.717, 1.165) is 44.3 Å². The molecule has 0 spiro atoms. The zero-order chi connectivity index (χ0) is 23.5. The number of esters is 1. The molecule has 168 valence electrons. The topological polar surface area (TPSA) is 48.3 Å². The van der Waals surface area contributed by atoms with Gasteiger partial charge in [-0.2, -0.15) is 0 Å². The van der Waals surface area contributed by atoms with Crippen molar-refractivity contribution in [2.24, 2.45) is 0 Å². The van der Waals surface area contributed by atoms with Crippen LogP contribution in [0.5, 0.6) is 0 Å². The number of halogens is 1. The Balaban J connectivity index is 1.99. The van der Waals surface area contributed by atoms with Crippen molar-refractivity contribution in [3.8, 4) is 0 Å². The third-order valence-corrected chi connectivity index (χ3v) is 6.26. The maximum atomic E-state index is 13.8. The largest absolute Gasteiger partial charge is 0.469 e. The molecule has 33 heavy (non-hydrogen) atoms. The Hall–Kier alpha value is -3.37. The summed E-state index contributed by atoms with van der Waals surface area (Å²) in [6.45, 7) is 4.40. The van der Waals surface area contributed by atoms with Crippen molar-refractivity contribution in [1.29, 1.82) is 0 Å². The third kappa shape index (κ3) is 4.86. The number of carbonyl (C=O) groups excluding carboxylic acids is 1. The van der Waals surface area contributed by atoms with Crippen LogP contribution in [0.3, 0.4) is 0 Å². The average molecular weight is 460 g/mol. The van der Waals surface area contributed by atoms with E-state index < -0.39 is 0 Å². The number of aromatic nitrogens is 1. The van der Waals surface area contributed by atoms with Gasteiger partial charge in [0.2, 0.25) is 0 Å². The van der Waals surface area contributed by atoms with E-state index in [1.807, 2.05) is 85.1 Å². The van der Waals surface area contributed by atoms with Crippen molar-refractivity contribution in [3.63, 3.8) is 0 Å². The Morgan fingerprint density at radius 3 is 2.33 bits per heavy atom. The molecule has 0 radical (unpaired) electrons. The molecule has 0 fully saturated rings. The van der Waals surface area contributed by atoms with Crippen LogP contribution >= 0.6 is 11.6 Å². The molecule has 0 aliphatic carbocycles. The number of pyridine rings is 1. The van der Waals surface area contributed by atoms with Crippen LogP contribution < -0.4 is 5.56 Å². The maximum Gasteiger partial charge on any atom is 0.310 e. The van der Waals surface area contributed by atoms with Gasteiger partial charge in [0.15, 0.2) is 0 Å². The highest BCUT2D eigenvalue weighted by molar-refractivity contribution is 6.30. The fourth-order valence-corrected chi connectivity index (χ4v) is 4.50. The zero-order valence-electron chi connectivity index (χ0n) is 19.0. The fourth-order valence-electron chi connectivity index (χ4n) is 4.38. The number of hydrogen-bond acceptors (Lipinski definition) is 3. The van der Waals surface area contributed by atoms with Crippen molar-refractivity contribution >= 4 is 28.5 Å². The summed E-state index contributed by atoms with van der Waals surface area (Å²) in [5, 5.41) is 1.59. The SMILES string of the molecule is COC(=O)Cc1cc(C)cc2c1c(C)c(Cc1ccc(Cl)cc1)c(=O)n2Cc1ccccc1. The molecule has 4 aromatic rings. The van der Waals surface area contributed by atoms with Gasteiger partial charge in [-0.3, -0.25) is 9.59 Å². The quantitative estimate of drug-likeness (QED) is 0.351. The fraction of sp³-hybridized carbons (Fsp3) is 0.214. The van der Waals surface area contributed by atoms with Gasteiger partial charge in [-0.15, -0.1) is 0 Å². The Morgan fingerprint density at radius 1 is 0.970 bits per heavy atom. The number of nitrogens with zero attached hydrogens (tertiary/aromatic N) is 1. The van der Waals surface area contributed by atoms with Crippen molar-refractivity contribution in [2.45, 2.75) is 33.2 Å². The van der Waals surface area contributed by atoms with Gasteiger partial charge in [0.1, 0.15) is 0 Å². The predicted octanol–water partition coefficient (Wildman–Crippen LogP) is 5.63. The van der Waals surface area contributed by atoms with Crippen LogP contribution in [-0.2, 0) is 28.9 Å². The summed E-state index contributed by atoms with van der Waals surface area (Å²) in [6, 6.07) is 21.5. The molecule has 0 N–H and O–H groups in total. The lowest BCUT2D eigenvalue weighted by atomic mass is 9.93. The van der Waals surface area contributed by atoms with Gasteiger partial charge in [0.25, 0.3) is 5.56 Å². The molecule has 0 aliphatic rings. The van der Waals surface area contributed by atoms with Gasteiger partial charge in [0, 0.05) is 22.4 Å². The zero-order valence-corrected chi connectivity index (χ0v) is 19.8. The molecular weight excluding hydrogens is 434 g/mol. The predicted molar refractivity (Wildman–Crippen MR) is 133 cm³/mol. The molecule has 1 aromatic heterocycles. The molecule has 0 bridgehead atoms. The van der Waals surface area contributed by atoms with E-state index in [9.17, 15) is 9.59 Å². The lowest BCUT2D eigenvalue weighted by Gasteiger charge is -2.19. The number of ether oxygens (including phenoxy) is 1. The van der Waals surface area contributed by atoms with Crippen molar-refractivity contribution in [1.82, 2.24) is 4.57 Å². The summed E-state index contributed by atoms with van der Waals surface area (Å²) in [5.74, 6) is -0.304. The number of hydrogen-bond donors (Lipinski definition) is 0. The smallest absolute Gasteiger partial charge is 0.310 e. The number of aryl methyl sites for hydroxylation is 2. The molecule has 0 atom stereocenters. The summed E-state index contributed by atoms with van der Waals surface area (Å²) in [6.07, 6.45) is 0.636. The van der Waals surface area contributed by atoms with Crippen LogP contribution in [0.4, 0.5) is 0 Å². The van der Waals surface area contributed by atoms with E-state index in [4.69, 9.17) is 16.3 Å². The van der Waals surface area contributed by atoms with E-state index in [0.29, 0.717) is 18.0 Å². The number of rotatable bonds is 6. The minimum absolute atomic E-state index is 0.0200. The standard InChI is InChI=1S/C28H26ClNO3/c1-18-13-22(16-26(31)33-3)27-19(2)24(15-20-9-11-23(29)12-10-20)28(32)30(25(27)14-18)17-21-7-5-4-6-8-21/h4-14H,15-17H2,1-3H3. The average Bonchev–Trinajstić information content (AvgIpc) is 2.81. The second-order valence-corrected chi connectivity index (χ2v) is 8.79. The molecule has 0 aliphatic heterocycles. The first-order chi connectivity index (χ1) is 15.9. The van der Waals surface area contributed by atoms with E-state index >= 15 is 0 Å². The summed E-state index contributed by atoms with van der Waals surface area (Å²) >= 11 is 6.06. The minimum Gasteiger partial charge on any atom is -0.469 e. The molecule has 0 unspecified atom stereocenters. The number of benzene rings is 3. The van der Waals surface area contributed by atoms with Crippen LogP contribution in [0.2, 0.25) is 5.02 Å². The van der Waals surface area contributed by atoms with E-state index in [2.05, 4.69) is 0 Å². The van der Waals surface area contributed by atoms with E-state index in [-0.39, 0.29) is 17.9 Å². The Morgan fingerprint density at radius 2 is 1.67 bits per heavy atom. The van der Waals surface area contributed by atoms with E-state index in [1.165, 1.54) is 7.11 Å². The Bertz CT molecular complexity index is 1370. The van der Waals surface area contributed by atoms with Gasteiger partial charge in [-0.1, -0.05) is 60.1 Å². The molecule has 4 nitrogen and oxygen atoms in total.